The molecule has 0 unspecified atom stereocenters. The van der Waals surface area contributed by atoms with Crippen LogP contribution in [0.1, 0.15) is 27.6 Å². The van der Waals surface area contributed by atoms with Gasteiger partial charge in [-0.3, -0.25) is 4.79 Å². The van der Waals surface area contributed by atoms with E-state index in [1.807, 2.05) is 0 Å². The third-order valence-electron chi connectivity index (χ3n) is 2.42. The lowest BCUT2D eigenvalue weighted by atomic mass is 10.0. The monoisotopic (exact) mass is 282 g/mol. The first-order chi connectivity index (χ1) is 9.46. The number of rotatable bonds is 5. The van der Waals surface area contributed by atoms with Crippen LogP contribution in [0.2, 0.25) is 0 Å². The fraction of sp³-hybridized carbons (Fsp3) is 0.308. The Labute approximate surface area is 115 Å². The third kappa shape index (κ3) is 3.05. The van der Waals surface area contributed by atoms with E-state index < -0.39 is 23.5 Å². The standard InChI is InChI=1S/C13H14O7/c1-4-20-13(17)11(15)8-5-7(12(16)19-3)6-9(18-2)10(8)14/h5-6,14H,4H2,1-3H3. The Balaban J connectivity index is 3.34. The summed E-state index contributed by atoms with van der Waals surface area (Å²) in [7, 11) is 2.41. The van der Waals surface area contributed by atoms with Gasteiger partial charge in [0, 0.05) is 0 Å². The molecule has 0 aliphatic rings. The highest BCUT2D eigenvalue weighted by atomic mass is 16.5. The van der Waals surface area contributed by atoms with Gasteiger partial charge in [0.05, 0.1) is 32.0 Å². The van der Waals surface area contributed by atoms with E-state index in [4.69, 9.17) is 4.74 Å². The number of hydrogen-bond donors (Lipinski definition) is 1. The molecule has 0 saturated carbocycles. The fourth-order valence-electron chi connectivity index (χ4n) is 1.48. The highest BCUT2D eigenvalue weighted by Gasteiger charge is 2.25. The maximum atomic E-state index is 11.8. The number of phenols is 1. The molecule has 0 bridgehead atoms. The van der Waals surface area contributed by atoms with Crippen molar-refractivity contribution in [3.05, 3.63) is 23.3 Å². The average molecular weight is 282 g/mol. The zero-order valence-electron chi connectivity index (χ0n) is 11.3. The van der Waals surface area contributed by atoms with Gasteiger partial charge in [-0.25, -0.2) is 9.59 Å². The molecule has 1 N–H and O–H groups in total. The fourth-order valence-corrected chi connectivity index (χ4v) is 1.48. The van der Waals surface area contributed by atoms with Gasteiger partial charge < -0.3 is 19.3 Å². The van der Waals surface area contributed by atoms with E-state index in [9.17, 15) is 19.5 Å². The lowest BCUT2D eigenvalue weighted by molar-refractivity contribution is -0.137. The van der Waals surface area contributed by atoms with Crippen LogP contribution in [0.4, 0.5) is 0 Å². The van der Waals surface area contributed by atoms with Gasteiger partial charge in [0.1, 0.15) is 0 Å². The Morgan fingerprint density at radius 3 is 2.35 bits per heavy atom. The minimum Gasteiger partial charge on any atom is -0.504 e. The van der Waals surface area contributed by atoms with Crippen LogP contribution in [0.3, 0.4) is 0 Å². The number of hydrogen-bond acceptors (Lipinski definition) is 7. The van der Waals surface area contributed by atoms with Crippen molar-refractivity contribution in [1.82, 2.24) is 0 Å². The van der Waals surface area contributed by atoms with Crippen LogP contribution in [0.15, 0.2) is 12.1 Å². The molecule has 0 aliphatic heterocycles. The first-order valence-corrected chi connectivity index (χ1v) is 5.67. The lowest BCUT2D eigenvalue weighted by Crippen LogP contribution is -2.18. The van der Waals surface area contributed by atoms with Crippen molar-refractivity contribution in [3.8, 4) is 11.5 Å². The number of phenolic OH excluding ortho intramolecular Hbond substituents is 1. The molecule has 0 heterocycles. The van der Waals surface area contributed by atoms with E-state index >= 15 is 0 Å². The van der Waals surface area contributed by atoms with Crippen molar-refractivity contribution >= 4 is 17.7 Å². The molecule has 0 radical (unpaired) electrons. The summed E-state index contributed by atoms with van der Waals surface area (Å²) in [6, 6.07) is 2.24. The third-order valence-corrected chi connectivity index (χ3v) is 2.42. The average Bonchev–Trinajstić information content (AvgIpc) is 2.46. The number of ketones is 1. The number of ether oxygens (including phenoxy) is 3. The number of methoxy groups -OCH3 is 2. The second-order valence-electron chi connectivity index (χ2n) is 3.62. The Morgan fingerprint density at radius 2 is 1.85 bits per heavy atom. The number of carbonyl (C=O) groups is 3. The molecular formula is C13H14O7. The van der Waals surface area contributed by atoms with Gasteiger partial charge >= 0.3 is 11.9 Å². The molecule has 108 valence electrons. The quantitative estimate of drug-likeness (QED) is 0.487. The molecular weight excluding hydrogens is 268 g/mol. The van der Waals surface area contributed by atoms with Gasteiger partial charge in [0.15, 0.2) is 11.5 Å². The van der Waals surface area contributed by atoms with E-state index in [0.29, 0.717) is 0 Å². The van der Waals surface area contributed by atoms with Crippen LogP contribution in [0, 0.1) is 0 Å². The first-order valence-electron chi connectivity index (χ1n) is 5.67. The van der Waals surface area contributed by atoms with Gasteiger partial charge in [-0.15, -0.1) is 0 Å². The lowest BCUT2D eigenvalue weighted by Gasteiger charge is -2.10. The molecule has 0 fully saturated rings. The predicted molar refractivity (Wildman–Crippen MR) is 67.0 cm³/mol. The maximum absolute atomic E-state index is 11.8. The van der Waals surface area contributed by atoms with Crippen molar-refractivity contribution in [1.29, 1.82) is 0 Å². The topological polar surface area (TPSA) is 99.1 Å². The van der Waals surface area contributed by atoms with Gasteiger partial charge in [0.25, 0.3) is 5.78 Å². The Kier molecular flexibility index (Phi) is 5.08. The molecule has 0 amide bonds. The van der Waals surface area contributed by atoms with E-state index in [1.165, 1.54) is 20.1 Å². The molecule has 7 heteroatoms. The van der Waals surface area contributed by atoms with Crippen LogP contribution in [0.5, 0.6) is 11.5 Å². The van der Waals surface area contributed by atoms with Gasteiger partial charge in [0.2, 0.25) is 0 Å². The minimum absolute atomic E-state index is 0.0131. The summed E-state index contributed by atoms with van der Waals surface area (Å²) >= 11 is 0. The van der Waals surface area contributed by atoms with Gasteiger partial charge in [-0.2, -0.15) is 0 Å². The Hall–Kier alpha value is -2.57. The van der Waals surface area contributed by atoms with Crippen molar-refractivity contribution in [2.24, 2.45) is 0 Å². The number of esters is 2. The minimum atomic E-state index is -1.13. The van der Waals surface area contributed by atoms with Crippen LogP contribution >= 0.6 is 0 Å². The summed E-state index contributed by atoms with van der Waals surface area (Å²) in [5.41, 5.74) is -0.419. The Bertz CT molecular complexity index is 548. The number of aromatic hydroxyl groups is 1. The molecule has 0 saturated heterocycles. The first kappa shape index (κ1) is 15.5. The summed E-state index contributed by atoms with van der Waals surface area (Å²) in [4.78, 5) is 34.7. The summed E-state index contributed by atoms with van der Waals surface area (Å²) in [6.45, 7) is 1.55. The maximum Gasteiger partial charge on any atom is 0.379 e. The molecule has 1 aromatic carbocycles. The zero-order chi connectivity index (χ0) is 15.3. The van der Waals surface area contributed by atoms with E-state index in [2.05, 4.69) is 9.47 Å². The highest BCUT2D eigenvalue weighted by molar-refractivity contribution is 6.41. The molecule has 0 atom stereocenters. The summed E-state index contributed by atoms with van der Waals surface area (Å²) in [5, 5.41) is 9.85. The molecule has 20 heavy (non-hydrogen) atoms. The van der Waals surface area contributed by atoms with Crippen LogP contribution < -0.4 is 4.74 Å². The smallest absolute Gasteiger partial charge is 0.379 e. The van der Waals surface area contributed by atoms with Gasteiger partial charge in [-0.05, 0) is 19.1 Å². The van der Waals surface area contributed by atoms with Crippen LogP contribution in [0.25, 0.3) is 0 Å². The molecule has 1 aromatic rings. The largest absolute Gasteiger partial charge is 0.504 e. The van der Waals surface area contributed by atoms with E-state index in [-0.39, 0.29) is 23.5 Å². The van der Waals surface area contributed by atoms with E-state index in [0.717, 1.165) is 13.2 Å². The number of carbonyl (C=O) groups excluding carboxylic acids is 3. The summed E-state index contributed by atoms with van der Waals surface area (Å²) in [6.07, 6.45) is 0. The molecule has 0 aliphatic carbocycles. The summed E-state index contributed by atoms with van der Waals surface area (Å²) < 4.78 is 13.9. The summed E-state index contributed by atoms with van der Waals surface area (Å²) in [5.74, 6) is -3.61. The van der Waals surface area contributed by atoms with Crippen molar-refractivity contribution in [2.45, 2.75) is 6.92 Å². The SMILES string of the molecule is CCOC(=O)C(=O)c1cc(C(=O)OC)cc(OC)c1O. The normalized spacial score (nSPS) is 9.75. The second kappa shape index (κ2) is 6.55. The molecule has 7 nitrogen and oxygen atoms in total. The number of Topliss-reactive ketones (excluding diaryl/α,β-unsaturated/α-hetero) is 1. The zero-order valence-corrected chi connectivity index (χ0v) is 11.3. The van der Waals surface area contributed by atoms with Crippen molar-refractivity contribution in [2.75, 3.05) is 20.8 Å². The van der Waals surface area contributed by atoms with E-state index in [1.54, 1.807) is 0 Å². The molecule has 0 aromatic heterocycles. The highest BCUT2D eigenvalue weighted by Crippen LogP contribution is 2.32. The van der Waals surface area contributed by atoms with Crippen molar-refractivity contribution < 1.29 is 33.7 Å². The van der Waals surface area contributed by atoms with Crippen LogP contribution in [-0.2, 0) is 14.3 Å². The van der Waals surface area contributed by atoms with Crippen molar-refractivity contribution in [3.63, 3.8) is 0 Å². The Morgan fingerprint density at radius 1 is 1.20 bits per heavy atom. The molecule has 1 rings (SSSR count). The number of benzene rings is 1. The van der Waals surface area contributed by atoms with Crippen LogP contribution in [-0.4, -0.2) is 43.7 Å². The predicted octanol–water partition coefficient (Wildman–Crippen LogP) is 0.933. The van der Waals surface area contributed by atoms with Gasteiger partial charge in [-0.1, -0.05) is 0 Å². The molecule has 0 spiro atoms. The second-order valence-corrected chi connectivity index (χ2v) is 3.62.